The molecule has 6 heteroatoms. The Balaban J connectivity index is 1.91. The molecule has 2 aliphatic heterocycles. The Labute approximate surface area is 136 Å². The molecule has 0 aromatic heterocycles. The van der Waals surface area contributed by atoms with Crippen molar-refractivity contribution in [2.24, 2.45) is 5.92 Å². The van der Waals surface area contributed by atoms with E-state index in [1.54, 1.807) is 23.9 Å². The number of likely N-dealkylation sites (N-methyl/N-ethyl adjacent to an activating group) is 1. The highest BCUT2D eigenvalue weighted by Gasteiger charge is 2.48. The van der Waals surface area contributed by atoms with E-state index in [9.17, 15) is 9.59 Å². The van der Waals surface area contributed by atoms with Gasteiger partial charge in [0.05, 0.1) is 6.04 Å². The highest BCUT2D eigenvalue weighted by atomic mass is 16.2. The van der Waals surface area contributed by atoms with Gasteiger partial charge in [-0.2, -0.15) is 0 Å². The number of rotatable bonds is 2. The van der Waals surface area contributed by atoms with Crippen LogP contribution in [0.1, 0.15) is 12.5 Å². The number of carbonyl (C=O) groups is 2. The first kappa shape index (κ1) is 15.4. The van der Waals surface area contributed by atoms with Crippen LogP contribution in [0.15, 0.2) is 36.4 Å². The van der Waals surface area contributed by atoms with E-state index in [2.05, 4.69) is 10.6 Å². The predicted molar refractivity (Wildman–Crippen MR) is 88.6 cm³/mol. The standard InChI is InChI=1S/C17H22N4O2/c1-11-14-13(10-9-12-7-5-4-6-8-12)20(2)17(23)19-15(14)21(3)16(22)18-11/h4-11,13-15H,1-3H3,(H,18,22)(H,19,23)/t11-,13+,14+,15-/m0/s1. The van der Waals surface area contributed by atoms with Crippen molar-refractivity contribution in [3.8, 4) is 0 Å². The normalized spacial score (nSPS) is 30.9. The van der Waals surface area contributed by atoms with Crippen molar-refractivity contribution in [3.63, 3.8) is 0 Å². The number of hydrogen-bond acceptors (Lipinski definition) is 2. The van der Waals surface area contributed by atoms with Gasteiger partial charge in [0, 0.05) is 26.1 Å². The Bertz CT molecular complexity index is 631. The highest BCUT2D eigenvalue weighted by molar-refractivity contribution is 5.80. The molecule has 6 nitrogen and oxygen atoms in total. The molecule has 23 heavy (non-hydrogen) atoms. The summed E-state index contributed by atoms with van der Waals surface area (Å²) in [5.74, 6) is 0.0698. The molecule has 2 N–H and O–H groups in total. The van der Waals surface area contributed by atoms with Crippen LogP contribution in [0.5, 0.6) is 0 Å². The number of carbonyl (C=O) groups excluding carboxylic acids is 2. The van der Waals surface area contributed by atoms with E-state index in [1.165, 1.54) is 0 Å². The first-order valence-electron chi connectivity index (χ1n) is 7.79. The van der Waals surface area contributed by atoms with Crippen LogP contribution in [-0.2, 0) is 0 Å². The smallest absolute Gasteiger partial charge is 0.319 e. The first-order valence-corrected chi connectivity index (χ1v) is 7.79. The lowest BCUT2D eigenvalue weighted by molar-refractivity contribution is 0.0407. The fourth-order valence-corrected chi connectivity index (χ4v) is 3.38. The van der Waals surface area contributed by atoms with Crippen LogP contribution in [0.3, 0.4) is 0 Å². The molecule has 0 aliphatic carbocycles. The monoisotopic (exact) mass is 314 g/mol. The summed E-state index contributed by atoms with van der Waals surface area (Å²) < 4.78 is 0. The van der Waals surface area contributed by atoms with Gasteiger partial charge in [-0.3, -0.25) is 0 Å². The average molecular weight is 314 g/mol. The van der Waals surface area contributed by atoms with Crippen LogP contribution in [0.2, 0.25) is 0 Å². The summed E-state index contributed by atoms with van der Waals surface area (Å²) >= 11 is 0. The lowest BCUT2D eigenvalue weighted by Gasteiger charge is -2.51. The maximum atomic E-state index is 12.3. The average Bonchev–Trinajstić information content (AvgIpc) is 2.54. The third kappa shape index (κ3) is 2.76. The second-order valence-corrected chi connectivity index (χ2v) is 6.19. The van der Waals surface area contributed by atoms with Gasteiger partial charge in [-0.1, -0.05) is 42.5 Å². The Morgan fingerprint density at radius 3 is 2.35 bits per heavy atom. The summed E-state index contributed by atoms with van der Waals surface area (Å²) in [6.45, 7) is 1.98. The number of fused-ring (bicyclic) bond motifs is 1. The van der Waals surface area contributed by atoms with Crippen LogP contribution in [-0.4, -0.2) is 54.2 Å². The minimum absolute atomic E-state index is 0.0304. The molecule has 0 bridgehead atoms. The van der Waals surface area contributed by atoms with E-state index in [4.69, 9.17) is 0 Å². The quantitative estimate of drug-likeness (QED) is 0.873. The van der Waals surface area contributed by atoms with Crippen molar-refractivity contribution in [1.29, 1.82) is 0 Å². The van der Waals surface area contributed by atoms with Crippen molar-refractivity contribution in [2.45, 2.75) is 25.2 Å². The summed E-state index contributed by atoms with van der Waals surface area (Å²) in [5.41, 5.74) is 1.09. The summed E-state index contributed by atoms with van der Waals surface area (Å²) in [6.07, 6.45) is 3.78. The first-order chi connectivity index (χ1) is 11.0. The van der Waals surface area contributed by atoms with Crippen molar-refractivity contribution in [3.05, 3.63) is 42.0 Å². The second kappa shape index (κ2) is 5.95. The molecule has 2 aliphatic rings. The highest BCUT2D eigenvalue weighted by Crippen LogP contribution is 2.29. The number of benzene rings is 1. The zero-order valence-electron chi connectivity index (χ0n) is 13.6. The molecule has 0 radical (unpaired) electrons. The fourth-order valence-electron chi connectivity index (χ4n) is 3.38. The number of amides is 4. The molecule has 2 heterocycles. The maximum Gasteiger partial charge on any atom is 0.319 e. The van der Waals surface area contributed by atoms with Crippen LogP contribution in [0.25, 0.3) is 6.08 Å². The Kier molecular flexibility index (Phi) is 3.98. The largest absolute Gasteiger partial charge is 0.335 e. The Hall–Kier alpha value is -2.50. The lowest BCUT2D eigenvalue weighted by Crippen LogP contribution is -2.73. The molecule has 4 amide bonds. The molecule has 122 valence electrons. The number of urea groups is 2. The molecule has 1 aromatic carbocycles. The fraction of sp³-hybridized carbons (Fsp3) is 0.412. The van der Waals surface area contributed by atoms with Gasteiger partial charge >= 0.3 is 12.1 Å². The van der Waals surface area contributed by atoms with Gasteiger partial charge in [0.25, 0.3) is 0 Å². The van der Waals surface area contributed by atoms with E-state index in [0.717, 1.165) is 5.56 Å². The minimum atomic E-state index is -0.298. The van der Waals surface area contributed by atoms with Gasteiger partial charge < -0.3 is 20.4 Å². The molecule has 4 atom stereocenters. The Morgan fingerprint density at radius 1 is 1.00 bits per heavy atom. The van der Waals surface area contributed by atoms with E-state index in [0.29, 0.717) is 0 Å². The van der Waals surface area contributed by atoms with Crippen molar-refractivity contribution in [2.75, 3.05) is 14.1 Å². The lowest BCUT2D eigenvalue weighted by atomic mass is 9.84. The van der Waals surface area contributed by atoms with Gasteiger partial charge in [-0.15, -0.1) is 0 Å². The van der Waals surface area contributed by atoms with E-state index in [-0.39, 0.29) is 36.2 Å². The third-order valence-corrected chi connectivity index (χ3v) is 4.75. The van der Waals surface area contributed by atoms with Crippen LogP contribution in [0.4, 0.5) is 9.59 Å². The minimum Gasteiger partial charge on any atom is -0.335 e. The van der Waals surface area contributed by atoms with E-state index >= 15 is 0 Å². The summed E-state index contributed by atoms with van der Waals surface area (Å²) in [5, 5.41) is 5.89. The molecule has 0 unspecified atom stereocenters. The maximum absolute atomic E-state index is 12.3. The van der Waals surface area contributed by atoms with Gasteiger partial charge in [-0.25, -0.2) is 9.59 Å². The van der Waals surface area contributed by atoms with Crippen molar-refractivity contribution >= 4 is 18.1 Å². The summed E-state index contributed by atoms with van der Waals surface area (Å²) in [7, 11) is 3.50. The zero-order valence-corrected chi connectivity index (χ0v) is 13.6. The van der Waals surface area contributed by atoms with Crippen LogP contribution >= 0.6 is 0 Å². The molecular formula is C17H22N4O2. The van der Waals surface area contributed by atoms with Crippen LogP contribution in [0, 0.1) is 5.92 Å². The van der Waals surface area contributed by atoms with E-state index in [1.807, 2.05) is 49.4 Å². The molecule has 2 fully saturated rings. The van der Waals surface area contributed by atoms with Gasteiger partial charge in [0.15, 0.2) is 0 Å². The van der Waals surface area contributed by atoms with E-state index < -0.39 is 0 Å². The zero-order chi connectivity index (χ0) is 16.6. The van der Waals surface area contributed by atoms with Gasteiger partial charge in [-0.05, 0) is 12.5 Å². The molecule has 1 aromatic rings. The predicted octanol–water partition coefficient (Wildman–Crippen LogP) is 1.71. The molecule has 0 saturated carbocycles. The van der Waals surface area contributed by atoms with Crippen molar-refractivity contribution in [1.82, 2.24) is 20.4 Å². The number of nitrogens with one attached hydrogen (secondary N) is 2. The summed E-state index contributed by atoms with van der Waals surface area (Å²) in [4.78, 5) is 27.5. The number of nitrogens with zero attached hydrogens (tertiary/aromatic N) is 2. The van der Waals surface area contributed by atoms with Crippen molar-refractivity contribution < 1.29 is 9.59 Å². The molecule has 0 spiro atoms. The SMILES string of the molecule is C[C@@H]1NC(=O)N(C)[C@@H]2NC(=O)N(C)[C@H](C=Cc3ccccc3)[C@@H]12. The number of hydrogen-bond donors (Lipinski definition) is 2. The second-order valence-electron chi connectivity index (χ2n) is 6.19. The van der Waals surface area contributed by atoms with Gasteiger partial charge in [0.2, 0.25) is 0 Å². The summed E-state index contributed by atoms with van der Waals surface area (Å²) in [6, 6.07) is 9.54. The van der Waals surface area contributed by atoms with Gasteiger partial charge in [0.1, 0.15) is 6.17 Å². The molecule has 2 saturated heterocycles. The van der Waals surface area contributed by atoms with Crippen LogP contribution < -0.4 is 10.6 Å². The molecular weight excluding hydrogens is 292 g/mol. The topological polar surface area (TPSA) is 64.7 Å². The third-order valence-electron chi connectivity index (χ3n) is 4.75. The molecule has 3 rings (SSSR count). The Morgan fingerprint density at radius 2 is 1.65 bits per heavy atom.